The third kappa shape index (κ3) is 4.47. The number of aromatic nitrogens is 1. The van der Waals surface area contributed by atoms with Crippen LogP contribution < -0.4 is 15.6 Å². The fourth-order valence-electron chi connectivity index (χ4n) is 2.17. The number of nitrogens with zero attached hydrogens (tertiary/aromatic N) is 2. The van der Waals surface area contributed by atoms with E-state index in [0.29, 0.717) is 11.3 Å². The zero-order valence-electron chi connectivity index (χ0n) is 14.6. The Kier molecular flexibility index (Phi) is 5.59. The first-order valence-electron chi connectivity index (χ1n) is 7.74. The predicted octanol–water partition coefficient (Wildman–Crippen LogP) is 1.49. The number of nitrogens with one attached hydrogen (secondary N) is 1. The molecule has 0 saturated heterocycles. The van der Waals surface area contributed by atoms with Gasteiger partial charge in [0, 0.05) is 27.3 Å². The molecule has 7 nitrogen and oxygen atoms in total. The summed E-state index contributed by atoms with van der Waals surface area (Å²) in [6.07, 6.45) is 0.629. The molecule has 0 spiro atoms. The van der Waals surface area contributed by atoms with E-state index < -0.39 is 17.6 Å². The summed E-state index contributed by atoms with van der Waals surface area (Å²) in [6, 6.07) is 10.3. The quantitative estimate of drug-likeness (QED) is 0.892. The van der Waals surface area contributed by atoms with E-state index in [1.807, 2.05) is 6.07 Å². The summed E-state index contributed by atoms with van der Waals surface area (Å²) in [5.41, 5.74) is -0.0710. The number of hydrogen-bond donors (Lipinski definition) is 1. The molecule has 1 aromatic heterocycles. The van der Waals surface area contributed by atoms with Crippen LogP contribution >= 0.6 is 0 Å². The number of hydrogen-bond acceptors (Lipinski definition) is 4. The average molecular weight is 343 g/mol. The predicted molar refractivity (Wildman–Crippen MR) is 94.9 cm³/mol. The molecular formula is C18H21N3O4. The molecule has 0 aliphatic carbocycles. The third-order valence-corrected chi connectivity index (χ3v) is 3.52. The van der Waals surface area contributed by atoms with Crippen molar-refractivity contribution in [1.82, 2.24) is 9.47 Å². The molecule has 2 amide bonds. The molecule has 1 atom stereocenters. The van der Waals surface area contributed by atoms with E-state index in [9.17, 15) is 14.4 Å². The van der Waals surface area contributed by atoms with Crippen molar-refractivity contribution in [1.29, 1.82) is 0 Å². The van der Waals surface area contributed by atoms with Crippen LogP contribution in [0.4, 0.5) is 5.69 Å². The second-order valence-electron chi connectivity index (χ2n) is 5.82. The number of para-hydroxylation sites is 1. The van der Waals surface area contributed by atoms with Crippen LogP contribution in [0.5, 0.6) is 5.75 Å². The van der Waals surface area contributed by atoms with Crippen LogP contribution in [0.15, 0.2) is 47.4 Å². The molecule has 7 heteroatoms. The highest BCUT2D eigenvalue weighted by Crippen LogP contribution is 2.12. The maximum Gasteiger partial charge on any atom is 0.274 e. The lowest BCUT2D eigenvalue weighted by atomic mass is 10.2. The molecule has 25 heavy (non-hydrogen) atoms. The Morgan fingerprint density at radius 3 is 2.44 bits per heavy atom. The van der Waals surface area contributed by atoms with Gasteiger partial charge in [-0.25, -0.2) is 0 Å². The Balaban J connectivity index is 2.19. The van der Waals surface area contributed by atoms with Gasteiger partial charge in [-0.1, -0.05) is 18.2 Å². The molecule has 1 aromatic carbocycles. The van der Waals surface area contributed by atoms with Crippen LogP contribution in [-0.4, -0.2) is 41.5 Å². The fraction of sp³-hybridized carbons (Fsp3) is 0.278. The number of carbonyl (C=O) groups is 2. The molecule has 132 valence electrons. The lowest BCUT2D eigenvalue weighted by Gasteiger charge is -2.16. The Morgan fingerprint density at radius 1 is 1.20 bits per heavy atom. The Morgan fingerprint density at radius 2 is 1.84 bits per heavy atom. The fourth-order valence-corrected chi connectivity index (χ4v) is 2.17. The van der Waals surface area contributed by atoms with Crippen LogP contribution in [0.3, 0.4) is 0 Å². The first-order chi connectivity index (χ1) is 11.8. The van der Waals surface area contributed by atoms with E-state index in [2.05, 4.69) is 5.32 Å². The van der Waals surface area contributed by atoms with Gasteiger partial charge in [-0.05, 0) is 25.1 Å². The van der Waals surface area contributed by atoms with Crippen molar-refractivity contribution in [3.63, 3.8) is 0 Å². The number of aryl methyl sites for hydroxylation is 1. The summed E-state index contributed by atoms with van der Waals surface area (Å²) >= 11 is 0. The molecule has 2 rings (SSSR count). The van der Waals surface area contributed by atoms with Gasteiger partial charge in [0.1, 0.15) is 11.4 Å². The minimum atomic E-state index is -0.805. The standard InChI is InChI=1S/C18H21N3O4/c1-12(25-14-8-6-5-7-9-14)16(22)19-15-10-13(17(23)20(2)3)11-21(4)18(15)24/h5-12H,1-4H3,(H,19,22). The van der Waals surface area contributed by atoms with Crippen LogP contribution in [0.1, 0.15) is 17.3 Å². The van der Waals surface area contributed by atoms with E-state index in [-0.39, 0.29) is 11.6 Å². The maximum atomic E-state index is 12.3. The van der Waals surface area contributed by atoms with E-state index in [1.54, 1.807) is 45.3 Å². The second-order valence-corrected chi connectivity index (χ2v) is 5.82. The maximum absolute atomic E-state index is 12.3. The van der Waals surface area contributed by atoms with E-state index in [0.717, 1.165) is 0 Å². The zero-order chi connectivity index (χ0) is 18.6. The van der Waals surface area contributed by atoms with Gasteiger partial charge in [-0.2, -0.15) is 0 Å². The number of anilines is 1. The van der Waals surface area contributed by atoms with Gasteiger partial charge in [-0.15, -0.1) is 0 Å². The molecule has 0 radical (unpaired) electrons. The first kappa shape index (κ1) is 18.3. The number of rotatable bonds is 5. The zero-order valence-corrected chi connectivity index (χ0v) is 14.6. The molecule has 0 aliphatic heterocycles. The van der Waals surface area contributed by atoms with Crippen molar-refractivity contribution < 1.29 is 14.3 Å². The van der Waals surface area contributed by atoms with Crippen molar-refractivity contribution in [3.8, 4) is 5.75 Å². The van der Waals surface area contributed by atoms with Crippen molar-refractivity contribution in [2.24, 2.45) is 7.05 Å². The molecular weight excluding hydrogens is 322 g/mol. The monoisotopic (exact) mass is 343 g/mol. The van der Waals surface area contributed by atoms with E-state index >= 15 is 0 Å². The number of benzene rings is 1. The lowest BCUT2D eigenvalue weighted by molar-refractivity contribution is -0.122. The summed E-state index contributed by atoms with van der Waals surface area (Å²) in [4.78, 5) is 38.0. The highest BCUT2D eigenvalue weighted by atomic mass is 16.5. The summed E-state index contributed by atoms with van der Waals surface area (Å²) in [7, 11) is 4.75. The van der Waals surface area contributed by atoms with Crippen molar-refractivity contribution in [3.05, 3.63) is 58.5 Å². The Hall–Kier alpha value is -3.09. The van der Waals surface area contributed by atoms with Gasteiger partial charge in [0.05, 0.1) is 5.56 Å². The van der Waals surface area contributed by atoms with Crippen molar-refractivity contribution >= 4 is 17.5 Å². The molecule has 1 heterocycles. The first-order valence-corrected chi connectivity index (χ1v) is 7.74. The third-order valence-electron chi connectivity index (χ3n) is 3.52. The summed E-state index contributed by atoms with van der Waals surface area (Å²) < 4.78 is 6.80. The summed E-state index contributed by atoms with van der Waals surface area (Å²) in [5, 5.41) is 2.54. The Bertz CT molecular complexity index is 828. The SMILES string of the molecule is CC(Oc1ccccc1)C(=O)Nc1cc(C(=O)N(C)C)cn(C)c1=O. The normalized spacial score (nSPS) is 11.5. The average Bonchev–Trinajstić information content (AvgIpc) is 2.58. The van der Waals surface area contributed by atoms with Crippen LogP contribution in [0, 0.1) is 0 Å². The van der Waals surface area contributed by atoms with Crippen LogP contribution in [-0.2, 0) is 11.8 Å². The number of ether oxygens (including phenoxy) is 1. The minimum absolute atomic E-state index is 0.0312. The van der Waals surface area contributed by atoms with Crippen LogP contribution in [0.25, 0.3) is 0 Å². The molecule has 0 bridgehead atoms. The molecule has 0 fully saturated rings. The molecule has 0 aliphatic rings. The van der Waals surface area contributed by atoms with Crippen LogP contribution in [0.2, 0.25) is 0 Å². The molecule has 1 unspecified atom stereocenters. The largest absolute Gasteiger partial charge is 0.481 e. The number of amides is 2. The second kappa shape index (κ2) is 7.65. The van der Waals surface area contributed by atoms with E-state index in [4.69, 9.17) is 4.74 Å². The van der Waals surface area contributed by atoms with Crippen molar-refractivity contribution in [2.45, 2.75) is 13.0 Å². The van der Waals surface area contributed by atoms with Gasteiger partial charge in [-0.3, -0.25) is 14.4 Å². The topological polar surface area (TPSA) is 80.6 Å². The van der Waals surface area contributed by atoms with Gasteiger partial charge in [0.2, 0.25) is 0 Å². The van der Waals surface area contributed by atoms with Gasteiger partial charge in [0.15, 0.2) is 6.10 Å². The van der Waals surface area contributed by atoms with Gasteiger partial charge >= 0.3 is 0 Å². The number of carbonyl (C=O) groups excluding carboxylic acids is 2. The van der Waals surface area contributed by atoms with Crippen molar-refractivity contribution in [2.75, 3.05) is 19.4 Å². The smallest absolute Gasteiger partial charge is 0.274 e. The molecule has 0 saturated carbocycles. The Labute approximate surface area is 145 Å². The highest BCUT2D eigenvalue weighted by molar-refractivity contribution is 5.97. The summed E-state index contributed by atoms with van der Waals surface area (Å²) in [6.45, 7) is 1.58. The molecule has 1 N–H and O–H groups in total. The van der Waals surface area contributed by atoms with Gasteiger partial charge < -0.3 is 19.5 Å². The number of pyridine rings is 1. The minimum Gasteiger partial charge on any atom is -0.481 e. The van der Waals surface area contributed by atoms with Gasteiger partial charge in [0.25, 0.3) is 17.4 Å². The molecule has 2 aromatic rings. The summed E-state index contributed by atoms with van der Waals surface area (Å²) in [5.74, 6) is -0.190. The van der Waals surface area contributed by atoms with E-state index in [1.165, 1.54) is 28.8 Å². The lowest BCUT2D eigenvalue weighted by Crippen LogP contribution is -2.34. The highest BCUT2D eigenvalue weighted by Gasteiger charge is 2.18.